The molecule has 0 aliphatic carbocycles. The van der Waals surface area contributed by atoms with Crippen LogP contribution in [0.5, 0.6) is 5.75 Å². The minimum atomic E-state index is -3.86. The largest absolute Gasteiger partial charge is 0.530 e. The fourth-order valence-corrected chi connectivity index (χ4v) is 5.01. The van der Waals surface area contributed by atoms with Crippen molar-refractivity contribution in [1.82, 2.24) is 0 Å². The minimum absolute atomic E-state index is 0.0565. The van der Waals surface area contributed by atoms with E-state index in [9.17, 15) is 9.13 Å². The molecule has 0 aliphatic rings. The zero-order valence-electron chi connectivity index (χ0n) is 15.1. The lowest BCUT2D eigenvalue weighted by molar-refractivity contribution is 0.167. The highest BCUT2D eigenvalue weighted by atomic mass is 31.2. The summed E-state index contributed by atoms with van der Waals surface area (Å²) in [6.45, 7) is 11.0. The van der Waals surface area contributed by atoms with E-state index in [2.05, 4.69) is 6.58 Å². The summed E-state index contributed by atoms with van der Waals surface area (Å²) in [4.78, 5) is 0. The van der Waals surface area contributed by atoms with Gasteiger partial charge in [-0.2, -0.15) is 0 Å². The van der Waals surface area contributed by atoms with E-state index in [0.29, 0.717) is 5.56 Å². The Balaban J connectivity index is 3.42. The summed E-state index contributed by atoms with van der Waals surface area (Å²) in [5, 5.41) is 0.147. The third-order valence-corrected chi connectivity index (χ3v) is 6.60. The van der Waals surface area contributed by atoms with Gasteiger partial charge < -0.3 is 13.6 Å². The smallest absolute Gasteiger partial charge is 0.403 e. The second-order valence-corrected chi connectivity index (χ2v) is 8.22. The fourth-order valence-electron chi connectivity index (χ4n) is 2.00. The minimum Gasteiger partial charge on any atom is -0.403 e. The van der Waals surface area contributed by atoms with Crippen molar-refractivity contribution in [3.63, 3.8) is 0 Å². The van der Waals surface area contributed by atoms with Crippen molar-refractivity contribution in [2.24, 2.45) is 0 Å². The molecule has 0 bridgehead atoms. The van der Waals surface area contributed by atoms with Crippen molar-refractivity contribution in [3.8, 4) is 5.75 Å². The van der Waals surface area contributed by atoms with Gasteiger partial charge in [0.05, 0.1) is 26.4 Å². The molecular formula is C16H26O7P2. The first-order valence-corrected chi connectivity index (χ1v) is 11.1. The molecule has 0 saturated heterocycles. The average Bonchev–Trinajstić information content (AvgIpc) is 2.56. The third-order valence-electron chi connectivity index (χ3n) is 2.90. The van der Waals surface area contributed by atoms with Crippen LogP contribution in [0.1, 0.15) is 33.3 Å². The van der Waals surface area contributed by atoms with Gasteiger partial charge in [-0.05, 0) is 45.4 Å². The van der Waals surface area contributed by atoms with E-state index in [1.165, 1.54) is 6.07 Å². The number of hydrogen-bond acceptors (Lipinski definition) is 7. The standard InChI is InChI=1S/C16H26O7P2/c1-6-14-11-12-15(23-25(18,21-9-4)22-10-5)16(13-14)24(17,19-7-2)20-8-3/h6,11-13H,1,7-10H2,2-5H3. The Morgan fingerprint density at radius 2 is 1.44 bits per heavy atom. The number of phosphoric acid groups is 1. The van der Waals surface area contributed by atoms with Gasteiger partial charge in [0.15, 0.2) is 0 Å². The second kappa shape index (κ2) is 10.3. The first-order valence-electron chi connectivity index (χ1n) is 8.12. The lowest BCUT2D eigenvalue weighted by Gasteiger charge is -2.23. The predicted octanol–water partition coefficient (Wildman–Crippen LogP) is 4.78. The van der Waals surface area contributed by atoms with Gasteiger partial charge in [-0.1, -0.05) is 18.7 Å². The van der Waals surface area contributed by atoms with Gasteiger partial charge in [0.1, 0.15) is 11.1 Å². The molecule has 9 heteroatoms. The van der Waals surface area contributed by atoms with Gasteiger partial charge >= 0.3 is 15.4 Å². The van der Waals surface area contributed by atoms with Crippen molar-refractivity contribution in [3.05, 3.63) is 30.3 Å². The van der Waals surface area contributed by atoms with Crippen LogP contribution >= 0.6 is 15.4 Å². The fraction of sp³-hybridized carbons (Fsp3) is 0.500. The highest BCUT2D eigenvalue weighted by Crippen LogP contribution is 2.54. The lowest BCUT2D eigenvalue weighted by Crippen LogP contribution is -2.15. The molecule has 0 atom stereocenters. The molecule has 142 valence electrons. The molecule has 1 rings (SSSR count). The quantitative estimate of drug-likeness (QED) is 0.474. The molecule has 25 heavy (non-hydrogen) atoms. The number of benzene rings is 1. The number of hydrogen-bond donors (Lipinski definition) is 0. The molecule has 0 spiro atoms. The van der Waals surface area contributed by atoms with Crippen LogP contribution in [-0.4, -0.2) is 26.4 Å². The Morgan fingerprint density at radius 3 is 1.88 bits per heavy atom. The Morgan fingerprint density at radius 1 is 0.920 bits per heavy atom. The van der Waals surface area contributed by atoms with Crippen molar-refractivity contribution in [2.45, 2.75) is 27.7 Å². The molecule has 0 aliphatic heterocycles. The maximum atomic E-state index is 13.2. The first kappa shape index (κ1) is 22.1. The van der Waals surface area contributed by atoms with E-state index in [1.54, 1.807) is 45.9 Å². The summed E-state index contributed by atoms with van der Waals surface area (Å²) < 4.78 is 52.4. The molecule has 1 aromatic rings. The van der Waals surface area contributed by atoms with E-state index >= 15 is 0 Å². The van der Waals surface area contributed by atoms with Crippen LogP contribution in [0.3, 0.4) is 0 Å². The maximum Gasteiger partial charge on any atom is 0.530 e. The lowest BCUT2D eigenvalue weighted by atomic mass is 10.2. The zero-order chi connectivity index (χ0) is 18.9. The van der Waals surface area contributed by atoms with Crippen LogP contribution < -0.4 is 9.83 Å². The van der Waals surface area contributed by atoms with Gasteiger partial charge in [0, 0.05) is 0 Å². The van der Waals surface area contributed by atoms with Crippen LogP contribution in [-0.2, 0) is 27.2 Å². The molecular weight excluding hydrogens is 366 g/mol. The summed E-state index contributed by atoms with van der Waals surface area (Å²) >= 11 is 0. The van der Waals surface area contributed by atoms with Crippen LogP contribution in [0, 0.1) is 0 Å². The molecule has 0 saturated carbocycles. The third kappa shape index (κ3) is 6.07. The zero-order valence-corrected chi connectivity index (χ0v) is 16.9. The molecule has 0 radical (unpaired) electrons. The van der Waals surface area contributed by atoms with E-state index in [-0.39, 0.29) is 37.5 Å². The summed E-state index contributed by atoms with van der Waals surface area (Å²) in [6, 6.07) is 4.76. The van der Waals surface area contributed by atoms with E-state index in [1.807, 2.05) is 0 Å². The second-order valence-electron chi connectivity index (χ2n) is 4.64. The van der Waals surface area contributed by atoms with Crippen molar-refractivity contribution >= 4 is 26.8 Å². The Labute approximate surface area is 149 Å². The summed E-state index contributed by atoms with van der Waals surface area (Å²) in [5.41, 5.74) is 0.685. The Hall–Kier alpha value is -0.940. The highest BCUT2D eigenvalue weighted by molar-refractivity contribution is 7.62. The number of rotatable bonds is 12. The topological polar surface area (TPSA) is 80.3 Å². The van der Waals surface area contributed by atoms with Crippen LogP contribution in [0.4, 0.5) is 0 Å². The predicted molar refractivity (Wildman–Crippen MR) is 98.5 cm³/mol. The van der Waals surface area contributed by atoms with Crippen molar-refractivity contribution < 1.29 is 31.7 Å². The van der Waals surface area contributed by atoms with Crippen LogP contribution in [0.15, 0.2) is 24.8 Å². The monoisotopic (exact) mass is 392 g/mol. The maximum absolute atomic E-state index is 13.2. The summed E-state index contributed by atoms with van der Waals surface area (Å²) in [6.07, 6.45) is 1.58. The van der Waals surface area contributed by atoms with Crippen LogP contribution in [0.25, 0.3) is 6.08 Å². The van der Waals surface area contributed by atoms with Gasteiger partial charge in [0.25, 0.3) is 0 Å². The van der Waals surface area contributed by atoms with Crippen molar-refractivity contribution in [1.29, 1.82) is 0 Å². The van der Waals surface area contributed by atoms with Gasteiger partial charge in [-0.25, -0.2) is 4.57 Å². The average molecular weight is 392 g/mol. The number of phosphoric ester groups is 1. The molecule has 1 aromatic carbocycles. The molecule has 0 heterocycles. The Kier molecular flexibility index (Phi) is 9.08. The first-order chi connectivity index (χ1) is 11.9. The molecule has 7 nitrogen and oxygen atoms in total. The molecule has 0 aromatic heterocycles. The molecule has 0 fully saturated rings. The van der Waals surface area contributed by atoms with Crippen molar-refractivity contribution in [2.75, 3.05) is 26.4 Å². The Bertz CT molecular complexity index is 640. The normalized spacial score (nSPS) is 12.2. The molecule has 0 unspecified atom stereocenters. The van der Waals surface area contributed by atoms with E-state index < -0.39 is 15.4 Å². The molecule has 0 amide bonds. The van der Waals surface area contributed by atoms with Gasteiger partial charge in [-0.3, -0.25) is 13.6 Å². The SMILES string of the molecule is C=Cc1ccc(OP(=O)(OCC)OCC)c(P(=O)(OCC)OCC)c1. The summed E-state index contributed by atoms with van der Waals surface area (Å²) in [7, 11) is -7.54. The van der Waals surface area contributed by atoms with Crippen LogP contribution in [0.2, 0.25) is 0 Å². The highest BCUT2D eigenvalue weighted by Gasteiger charge is 2.35. The summed E-state index contributed by atoms with van der Waals surface area (Å²) in [5.74, 6) is 0.0565. The molecule has 0 N–H and O–H groups in total. The van der Waals surface area contributed by atoms with Gasteiger partial charge in [0.2, 0.25) is 0 Å². The van der Waals surface area contributed by atoms with E-state index in [4.69, 9.17) is 22.6 Å². The van der Waals surface area contributed by atoms with Gasteiger partial charge in [-0.15, -0.1) is 0 Å². The van der Waals surface area contributed by atoms with E-state index in [0.717, 1.165) is 0 Å².